The van der Waals surface area contributed by atoms with Crippen LogP contribution in [0.4, 0.5) is 4.79 Å². The minimum Gasteiger partial charge on any atom is -0.480 e. The summed E-state index contributed by atoms with van der Waals surface area (Å²) in [6.07, 6.45) is 1.17. The number of halogens is 1. The van der Waals surface area contributed by atoms with Crippen LogP contribution < -0.4 is 5.32 Å². The fraction of sp³-hybridized carbons (Fsp3) is 0.154. The number of ether oxygens (including phenoxy) is 1. The molecule has 1 aliphatic carbocycles. The molecule has 0 saturated heterocycles. The van der Waals surface area contributed by atoms with Crippen molar-refractivity contribution in [3.63, 3.8) is 0 Å². The van der Waals surface area contributed by atoms with E-state index in [1.54, 1.807) is 6.20 Å². The molecule has 6 nitrogen and oxygen atoms in total. The van der Waals surface area contributed by atoms with Gasteiger partial charge in [0.15, 0.2) is 0 Å². The van der Waals surface area contributed by atoms with Gasteiger partial charge in [0, 0.05) is 33.9 Å². The molecule has 0 unspecified atom stereocenters. The Balaban J connectivity index is 1.28. The Morgan fingerprint density at radius 1 is 1.03 bits per heavy atom. The molecule has 0 spiro atoms. The number of hydrogen-bond donors (Lipinski definition) is 3. The van der Waals surface area contributed by atoms with Gasteiger partial charge in [0.2, 0.25) is 0 Å². The molecule has 7 heteroatoms. The summed E-state index contributed by atoms with van der Waals surface area (Å²) in [5, 5.41) is 13.1. The molecule has 0 aliphatic heterocycles. The maximum atomic E-state index is 12.6. The summed E-state index contributed by atoms with van der Waals surface area (Å²) in [4.78, 5) is 27.6. The van der Waals surface area contributed by atoms with Gasteiger partial charge in [-0.1, -0.05) is 70.5 Å². The van der Waals surface area contributed by atoms with E-state index in [4.69, 9.17) is 4.74 Å². The quantitative estimate of drug-likeness (QED) is 0.324. The molecule has 0 radical (unpaired) electrons. The lowest BCUT2D eigenvalue weighted by atomic mass is 9.98. The highest BCUT2D eigenvalue weighted by Crippen LogP contribution is 2.44. The van der Waals surface area contributed by atoms with Gasteiger partial charge < -0.3 is 20.1 Å². The van der Waals surface area contributed by atoms with Gasteiger partial charge in [-0.05, 0) is 39.9 Å². The zero-order chi connectivity index (χ0) is 22.9. The Labute approximate surface area is 198 Å². The molecule has 1 amide bonds. The number of aromatic amines is 1. The molecule has 1 atom stereocenters. The maximum absolute atomic E-state index is 12.6. The average molecular weight is 505 g/mol. The van der Waals surface area contributed by atoms with Crippen molar-refractivity contribution in [1.29, 1.82) is 0 Å². The van der Waals surface area contributed by atoms with Crippen LogP contribution in [0.5, 0.6) is 0 Å². The molecule has 3 N–H and O–H groups in total. The summed E-state index contributed by atoms with van der Waals surface area (Å²) < 4.78 is 6.44. The monoisotopic (exact) mass is 504 g/mol. The van der Waals surface area contributed by atoms with Gasteiger partial charge in [0.05, 0.1) is 0 Å². The minimum atomic E-state index is -1.12. The molecule has 4 aromatic rings. The second-order valence-electron chi connectivity index (χ2n) is 8.07. The van der Waals surface area contributed by atoms with E-state index in [2.05, 4.69) is 38.4 Å². The summed E-state index contributed by atoms with van der Waals surface area (Å²) in [5.41, 5.74) is 6.18. The third kappa shape index (κ3) is 4.12. The second-order valence-corrected chi connectivity index (χ2v) is 8.98. The third-order valence-electron chi connectivity index (χ3n) is 6.09. The number of carboxylic acids is 1. The number of aromatic nitrogens is 1. The van der Waals surface area contributed by atoms with E-state index in [0.717, 1.165) is 43.2 Å². The number of hydrogen-bond acceptors (Lipinski definition) is 3. The molecule has 1 aromatic heterocycles. The van der Waals surface area contributed by atoms with Gasteiger partial charge in [-0.3, -0.25) is 0 Å². The largest absolute Gasteiger partial charge is 0.480 e. The molecule has 0 bridgehead atoms. The first-order valence-corrected chi connectivity index (χ1v) is 11.4. The fourth-order valence-corrected chi connectivity index (χ4v) is 4.89. The van der Waals surface area contributed by atoms with Crippen molar-refractivity contribution in [2.75, 3.05) is 6.61 Å². The van der Waals surface area contributed by atoms with E-state index in [9.17, 15) is 14.7 Å². The zero-order valence-corrected chi connectivity index (χ0v) is 19.1. The van der Waals surface area contributed by atoms with Crippen molar-refractivity contribution in [3.8, 4) is 11.1 Å². The molecule has 0 saturated carbocycles. The van der Waals surface area contributed by atoms with E-state index >= 15 is 0 Å². The van der Waals surface area contributed by atoms with Crippen molar-refractivity contribution >= 4 is 38.9 Å². The Hall–Kier alpha value is -3.58. The predicted molar refractivity (Wildman–Crippen MR) is 129 cm³/mol. The molecule has 0 fully saturated rings. The van der Waals surface area contributed by atoms with Crippen molar-refractivity contribution in [3.05, 3.63) is 94.1 Å². The van der Waals surface area contributed by atoms with Crippen LogP contribution in [-0.4, -0.2) is 34.8 Å². The van der Waals surface area contributed by atoms with Gasteiger partial charge >= 0.3 is 12.1 Å². The number of rotatable bonds is 6. The molecule has 166 valence electrons. The van der Waals surface area contributed by atoms with Crippen LogP contribution in [0.15, 0.2) is 77.4 Å². The third-order valence-corrected chi connectivity index (χ3v) is 6.58. The standard InChI is InChI=1S/C26H21BrN2O4/c27-16-9-10-17-15(13-28-23(17)12-16)11-24(25(30)31)29-26(32)33-14-22-20-7-3-1-5-18(20)19-6-2-4-8-21(19)22/h1-10,12-13,22,24,28H,11,14H2,(H,29,32)(H,30,31)/t24-/m0/s1. The number of carboxylic acid groups (broad SMARTS) is 1. The average Bonchev–Trinajstić information content (AvgIpc) is 3.35. The van der Waals surface area contributed by atoms with E-state index in [-0.39, 0.29) is 18.9 Å². The van der Waals surface area contributed by atoms with Gasteiger partial charge in [0.1, 0.15) is 12.6 Å². The highest BCUT2D eigenvalue weighted by Gasteiger charge is 2.30. The highest BCUT2D eigenvalue weighted by atomic mass is 79.9. The van der Waals surface area contributed by atoms with E-state index in [1.807, 2.05) is 54.6 Å². The number of benzene rings is 3. The van der Waals surface area contributed by atoms with Gasteiger partial charge in [-0.15, -0.1) is 0 Å². The number of nitrogens with one attached hydrogen (secondary N) is 2. The van der Waals surface area contributed by atoms with Gasteiger partial charge in [-0.2, -0.15) is 0 Å². The van der Waals surface area contributed by atoms with Crippen LogP contribution in [0.3, 0.4) is 0 Å². The van der Waals surface area contributed by atoms with Crippen molar-refractivity contribution in [2.45, 2.75) is 18.4 Å². The predicted octanol–water partition coefficient (Wildman–Crippen LogP) is 5.46. The lowest BCUT2D eigenvalue weighted by molar-refractivity contribution is -0.139. The summed E-state index contributed by atoms with van der Waals surface area (Å²) in [6.45, 7) is 0.132. The molecule has 5 rings (SSSR count). The number of alkyl carbamates (subject to hydrolysis) is 1. The van der Waals surface area contributed by atoms with Crippen LogP contribution in [0.25, 0.3) is 22.0 Å². The van der Waals surface area contributed by atoms with Crippen LogP contribution in [-0.2, 0) is 16.0 Å². The summed E-state index contributed by atoms with van der Waals surface area (Å²) in [7, 11) is 0. The maximum Gasteiger partial charge on any atom is 0.407 e. The number of aliphatic carboxylic acids is 1. The number of carbonyl (C=O) groups excluding carboxylic acids is 1. The second kappa shape index (κ2) is 8.75. The fourth-order valence-electron chi connectivity index (χ4n) is 4.53. The lowest BCUT2D eigenvalue weighted by Gasteiger charge is -2.17. The summed E-state index contributed by atoms with van der Waals surface area (Å²) in [5.74, 6) is -1.20. The highest BCUT2D eigenvalue weighted by molar-refractivity contribution is 9.10. The summed E-state index contributed by atoms with van der Waals surface area (Å²) in [6, 6.07) is 20.8. The van der Waals surface area contributed by atoms with Crippen molar-refractivity contribution in [1.82, 2.24) is 10.3 Å². The first-order valence-electron chi connectivity index (χ1n) is 10.6. The van der Waals surface area contributed by atoms with E-state index < -0.39 is 18.1 Å². The molecule has 1 aliphatic rings. The number of fused-ring (bicyclic) bond motifs is 4. The number of H-pyrrole nitrogens is 1. The molecular formula is C26H21BrN2O4. The number of carbonyl (C=O) groups is 2. The Morgan fingerprint density at radius 2 is 1.70 bits per heavy atom. The molecule has 33 heavy (non-hydrogen) atoms. The van der Waals surface area contributed by atoms with Crippen LogP contribution in [0.2, 0.25) is 0 Å². The Kier molecular flexibility index (Phi) is 5.64. The van der Waals surface area contributed by atoms with Gasteiger partial charge in [-0.25, -0.2) is 9.59 Å². The normalized spacial score (nSPS) is 13.4. The van der Waals surface area contributed by atoms with Crippen LogP contribution in [0, 0.1) is 0 Å². The summed E-state index contributed by atoms with van der Waals surface area (Å²) >= 11 is 3.43. The zero-order valence-electron chi connectivity index (χ0n) is 17.5. The smallest absolute Gasteiger partial charge is 0.407 e. The van der Waals surface area contributed by atoms with Crippen molar-refractivity contribution < 1.29 is 19.4 Å². The Bertz CT molecular complexity index is 1320. The SMILES string of the molecule is O=C(N[C@@H](Cc1c[nH]c2cc(Br)ccc12)C(=O)O)OCC1c2ccccc2-c2ccccc21. The molecule has 3 aromatic carbocycles. The Morgan fingerprint density at radius 3 is 2.36 bits per heavy atom. The first-order chi connectivity index (χ1) is 16.0. The number of amides is 1. The van der Waals surface area contributed by atoms with Gasteiger partial charge in [0.25, 0.3) is 0 Å². The van der Waals surface area contributed by atoms with E-state index in [1.165, 1.54) is 0 Å². The first kappa shape index (κ1) is 21.3. The lowest BCUT2D eigenvalue weighted by Crippen LogP contribution is -2.42. The molecular weight excluding hydrogens is 484 g/mol. The van der Waals surface area contributed by atoms with Crippen LogP contribution >= 0.6 is 15.9 Å². The molecule has 1 heterocycles. The minimum absolute atomic E-state index is 0.0847. The topological polar surface area (TPSA) is 91.4 Å². The van der Waals surface area contributed by atoms with E-state index in [0.29, 0.717) is 0 Å². The van der Waals surface area contributed by atoms with Crippen molar-refractivity contribution in [2.24, 2.45) is 0 Å². The van der Waals surface area contributed by atoms with Crippen LogP contribution in [0.1, 0.15) is 22.6 Å².